The van der Waals surface area contributed by atoms with Gasteiger partial charge in [0.1, 0.15) is 5.75 Å². The number of hydrogen-bond donors (Lipinski definition) is 0. The van der Waals surface area contributed by atoms with E-state index in [0.29, 0.717) is 28.3 Å². The molecule has 0 N–H and O–H groups in total. The third-order valence-electron chi connectivity index (χ3n) is 3.98. The summed E-state index contributed by atoms with van der Waals surface area (Å²) in [6.07, 6.45) is 0.791. The Morgan fingerprint density at radius 3 is 2.78 bits per heavy atom. The molecule has 2 heterocycles. The molecule has 5 nitrogen and oxygen atoms in total. The first-order valence-electron chi connectivity index (χ1n) is 8.53. The van der Waals surface area contributed by atoms with Crippen LogP contribution in [0, 0.1) is 0 Å². The van der Waals surface area contributed by atoms with Crippen molar-refractivity contribution in [2.45, 2.75) is 24.3 Å². The molecule has 0 unspecified atom stereocenters. The summed E-state index contributed by atoms with van der Waals surface area (Å²) in [7, 11) is 0. The van der Waals surface area contributed by atoms with E-state index in [0.717, 1.165) is 28.5 Å². The average Bonchev–Trinajstić information content (AvgIpc) is 3.15. The molecule has 2 aromatic carbocycles. The molecular weight excluding hydrogens is 384 g/mol. The van der Waals surface area contributed by atoms with Gasteiger partial charge in [0.25, 0.3) is 0 Å². The minimum absolute atomic E-state index is 0.231. The maximum Gasteiger partial charge on any atom is 0.231 e. The first kappa shape index (κ1) is 17.9. The predicted octanol–water partition coefficient (Wildman–Crippen LogP) is 5.51. The quantitative estimate of drug-likeness (QED) is 0.402. The Hall–Kier alpha value is -2.44. The van der Waals surface area contributed by atoms with E-state index in [-0.39, 0.29) is 6.79 Å². The zero-order valence-corrected chi connectivity index (χ0v) is 16.2. The van der Waals surface area contributed by atoms with Crippen LogP contribution in [0.4, 0.5) is 0 Å². The smallest absolute Gasteiger partial charge is 0.231 e. The van der Waals surface area contributed by atoms with Crippen molar-refractivity contribution in [3.05, 3.63) is 64.8 Å². The van der Waals surface area contributed by atoms with E-state index in [1.165, 1.54) is 11.8 Å². The number of hydrogen-bond acceptors (Lipinski definition) is 6. The summed E-state index contributed by atoms with van der Waals surface area (Å²) in [6.45, 7) is 2.28. The normalized spacial score (nSPS) is 12.2. The standard InChI is InChI=1S/C20H17ClN2O3S/c1-2-14-9-19(26-15-7-8-17-18(10-15)25-12-24-17)23-20(22-14)27-11-13-5-3-4-6-16(13)21/h3-10H,2,11-12H2,1H3. The molecule has 1 aliphatic heterocycles. The summed E-state index contributed by atoms with van der Waals surface area (Å²) in [4.78, 5) is 9.11. The molecule has 0 saturated heterocycles. The lowest BCUT2D eigenvalue weighted by Crippen LogP contribution is -1.97. The van der Waals surface area contributed by atoms with Gasteiger partial charge in [-0.1, -0.05) is 48.5 Å². The lowest BCUT2D eigenvalue weighted by Gasteiger charge is -2.09. The van der Waals surface area contributed by atoms with Crippen LogP contribution in [0.15, 0.2) is 53.7 Å². The lowest BCUT2D eigenvalue weighted by atomic mass is 10.2. The van der Waals surface area contributed by atoms with Gasteiger partial charge in [0, 0.05) is 28.6 Å². The highest BCUT2D eigenvalue weighted by Gasteiger charge is 2.15. The van der Waals surface area contributed by atoms with Crippen LogP contribution in [0.2, 0.25) is 5.02 Å². The van der Waals surface area contributed by atoms with E-state index in [2.05, 4.69) is 16.9 Å². The zero-order valence-electron chi connectivity index (χ0n) is 14.6. The number of rotatable bonds is 6. The molecular formula is C20H17ClN2O3S. The number of ether oxygens (including phenoxy) is 3. The van der Waals surface area contributed by atoms with Gasteiger partial charge in [-0.25, -0.2) is 4.98 Å². The summed E-state index contributed by atoms with van der Waals surface area (Å²) in [5, 5.41) is 1.40. The molecule has 1 aromatic heterocycles. The van der Waals surface area contributed by atoms with Crippen LogP contribution < -0.4 is 14.2 Å². The van der Waals surface area contributed by atoms with Crippen molar-refractivity contribution in [2.24, 2.45) is 0 Å². The Morgan fingerprint density at radius 2 is 1.93 bits per heavy atom. The molecule has 0 aliphatic carbocycles. The van der Waals surface area contributed by atoms with Crippen LogP contribution in [-0.4, -0.2) is 16.8 Å². The molecule has 0 radical (unpaired) electrons. The minimum atomic E-state index is 0.231. The number of thioether (sulfide) groups is 1. The van der Waals surface area contributed by atoms with Crippen molar-refractivity contribution in [2.75, 3.05) is 6.79 Å². The van der Waals surface area contributed by atoms with E-state index in [1.54, 1.807) is 6.07 Å². The topological polar surface area (TPSA) is 53.5 Å². The molecule has 7 heteroatoms. The van der Waals surface area contributed by atoms with E-state index in [1.807, 2.05) is 42.5 Å². The second kappa shape index (κ2) is 8.06. The summed E-state index contributed by atoms with van der Waals surface area (Å²) < 4.78 is 16.7. The van der Waals surface area contributed by atoms with Gasteiger partial charge in [0.15, 0.2) is 16.7 Å². The molecule has 3 aromatic rings. The van der Waals surface area contributed by atoms with Crippen molar-refractivity contribution in [1.82, 2.24) is 9.97 Å². The number of fused-ring (bicyclic) bond motifs is 1. The SMILES string of the molecule is CCc1cc(Oc2ccc3c(c2)OCO3)nc(SCc2ccccc2Cl)n1. The van der Waals surface area contributed by atoms with Gasteiger partial charge < -0.3 is 14.2 Å². The Kier molecular flexibility index (Phi) is 5.36. The number of nitrogens with zero attached hydrogens (tertiary/aromatic N) is 2. The van der Waals surface area contributed by atoms with Crippen molar-refractivity contribution in [1.29, 1.82) is 0 Å². The molecule has 0 bridgehead atoms. The fraction of sp³-hybridized carbons (Fsp3) is 0.200. The minimum Gasteiger partial charge on any atom is -0.454 e. The lowest BCUT2D eigenvalue weighted by molar-refractivity contribution is 0.174. The van der Waals surface area contributed by atoms with Crippen LogP contribution in [0.5, 0.6) is 23.1 Å². The van der Waals surface area contributed by atoms with E-state index < -0.39 is 0 Å². The van der Waals surface area contributed by atoms with Gasteiger partial charge >= 0.3 is 0 Å². The first-order chi connectivity index (χ1) is 13.2. The van der Waals surface area contributed by atoms with Crippen LogP contribution in [-0.2, 0) is 12.2 Å². The van der Waals surface area contributed by atoms with Crippen molar-refractivity contribution in [3.8, 4) is 23.1 Å². The number of aromatic nitrogens is 2. The third kappa shape index (κ3) is 4.28. The molecule has 138 valence electrons. The van der Waals surface area contributed by atoms with Gasteiger partial charge in [0.05, 0.1) is 0 Å². The molecule has 0 atom stereocenters. The molecule has 0 saturated carbocycles. The fourth-order valence-electron chi connectivity index (χ4n) is 2.57. The van der Waals surface area contributed by atoms with Gasteiger partial charge in [-0.3, -0.25) is 0 Å². The highest BCUT2D eigenvalue weighted by atomic mass is 35.5. The highest BCUT2D eigenvalue weighted by molar-refractivity contribution is 7.98. The molecule has 0 fully saturated rings. The summed E-state index contributed by atoms with van der Waals surface area (Å²) in [5.74, 6) is 3.22. The fourth-order valence-corrected chi connectivity index (χ4v) is 3.72. The summed E-state index contributed by atoms with van der Waals surface area (Å²) >= 11 is 7.76. The Morgan fingerprint density at radius 1 is 1.07 bits per heavy atom. The van der Waals surface area contributed by atoms with Crippen LogP contribution in [0.25, 0.3) is 0 Å². The summed E-state index contributed by atoms with van der Waals surface area (Å²) in [5.41, 5.74) is 1.97. The second-order valence-electron chi connectivity index (χ2n) is 5.83. The van der Waals surface area contributed by atoms with Gasteiger partial charge in [0.2, 0.25) is 12.7 Å². The molecule has 1 aliphatic rings. The molecule has 4 rings (SSSR count). The number of halogens is 1. The van der Waals surface area contributed by atoms with Crippen LogP contribution in [0.3, 0.4) is 0 Å². The zero-order chi connectivity index (χ0) is 18.6. The first-order valence-corrected chi connectivity index (χ1v) is 9.89. The van der Waals surface area contributed by atoms with Crippen molar-refractivity contribution >= 4 is 23.4 Å². The summed E-state index contributed by atoms with van der Waals surface area (Å²) in [6, 6.07) is 15.1. The maximum absolute atomic E-state index is 6.23. The Bertz CT molecular complexity index is 968. The van der Waals surface area contributed by atoms with E-state index in [4.69, 9.17) is 25.8 Å². The number of benzene rings is 2. The average molecular weight is 401 g/mol. The van der Waals surface area contributed by atoms with E-state index in [9.17, 15) is 0 Å². The van der Waals surface area contributed by atoms with Gasteiger partial charge in [-0.15, -0.1) is 0 Å². The van der Waals surface area contributed by atoms with Gasteiger partial charge in [-0.05, 0) is 30.2 Å². The van der Waals surface area contributed by atoms with E-state index >= 15 is 0 Å². The second-order valence-corrected chi connectivity index (χ2v) is 7.18. The molecule has 27 heavy (non-hydrogen) atoms. The largest absolute Gasteiger partial charge is 0.454 e. The van der Waals surface area contributed by atoms with Gasteiger partial charge in [-0.2, -0.15) is 4.98 Å². The molecule has 0 amide bonds. The highest BCUT2D eigenvalue weighted by Crippen LogP contribution is 2.36. The Labute approximate surface area is 166 Å². The monoisotopic (exact) mass is 400 g/mol. The van der Waals surface area contributed by atoms with Crippen LogP contribution in [0.1, 0.15) is 18.2 Å². The predicted molar refractivity (Wildman–Crippen MR) is 105 cm³/mol. The molecule has 0 spiro atoms. The Balaban J connectivity index is 1.53. The maximum atomic E-state index is 6.23. The third-order valence-corrected chi connectivity index (χ3v) is 5.24. The van der Waals surface area contributed by atoms with Crippen molar-refractivity contribution in [3.63, 3.8) is 0 Å². The number of aryl methyl sites for hydroxylation is 1. The van der Waals surface area contributed by atoms with Crippen LogP contribution >= 0.6 is 23.4 Å². The van der Waals surface area contributed by atoms with Crippen molar-refractivity contribution < 1.29 is 14.2 Å².